The molecule has 1 fully saturated rings. The number of methoxy groups -OCH3 is 1. The van der Waals surface area contributed by atoms with Crippen LogP contribution in [0.2, 0.25) is 0 Å². The van der Waals surface area contributed by atoms with Crippen molar-refractivity contribution in [1.29, 1.82) is 0 Å². The van der Waals surface area contributed by atoms with Gasteiger partial charge in [0.2, 0.25) is 0 Å². The molecule has 0 aromatic carbocycles. The van der Waals surface area contributed by atoms with Gasteiger partial charge in [0.05, 0.1) is 6.61 Å². The molecule has 2 N–H and O–H groups in total. The molecule has 0 aliphatic carbocycles. The smallest absolute Gasteiger partial charge is 0.259 e. The first-order valence-corrected chi connectivity index (χ1v) is 9.14. The Hall–Kier alpha value is -0.960. The van der Waals surface area contributed by atoms with Crippen LogP contribution in [-0.2, 0) is 21.3 Å². The topological polar surface area (TPSA) is 85.2 Å². The van der Waals surface area contributed by atoms with Crippen LogP contribution in [-0.4, -0.2) is 51.3 Å². The first-order chi connectivity index (χ1) is 10.4. The lowest BCUT2D eigenvalue weighted by molar-refractivity contribution is 0.0577. The van der Waals surface area contributed by atoms with Gasteiger partial charge in [-0.2, -0.15) is 0 Å². The van der Waals surface area contributed by atoms with Crippen LogP contribution in [0.1, 0.15) is 25.6 Å². The lowest BCUT2D eigenvalue weighted by Crippen LogP contribution is -2.47. The Morgan fingerprint density at radius 1 is 1.45 bits per heavy atom. The third kappa shape index (κ3) is 3.87. The lowest BCUT2D eigenvalue weighted by atomic mass is 9.80. The van der Waals surface area contributed by atoms with E-state index in [4.69, 9.17) is 4.74 Å². The summed E-state index contributed by atoms with van der Waals surface area (Å²) in [5.74, 6) is 0.705. The molecule has 1 aromatic rings. The van der Waals surface area contributed by atoms with Crippen LogP contribution in [0, 0.1) is 12.3 Å². The Morgan fingerprint density at radius 3 is 2.68 bits per heavy atom. The molecule has 126 valence electrons. The molecule has 1 aliphatic rings. The average molecular weight is 330 g/mol. The molecule has 2 rings (SSSR count). The number of piperidine rings is 1. The maximum Gasteiger partial charge on any atom is 0.259 e. The van der Waals surface area contributed by atoms with Crippen molar-refractivity contribution in [3.8, 4) is 0 Å². The van der Waals surface area contributed by atoms with Crippen LogP contribution < -0.4 is 10.0 Å². The van der Waals surface area contributed by atoms with Crippen molar-refractivity contribution in [3.63, 3.8) is 0 Å². The van der Waals surface area contributed by atoms with Crippen molar-refractivity contribution in [2.75, 3.05) is 33.4 Å². The number of sulfonamides is 1. The highest BCUT2D eigenvalue weighted by Crippen LogP contribution is 2.28. The predicted octanol–water partition coefficient (Wildman–Crippen LogP) is 0.506. The molecule has 0 atom stereocenters. The summed E-state index contributed by atoms with van der Waals surface area (Å²) < 4.78 is 34.8. The third-order valence-corrected chi connectivity index (χ3v) is 5.59. The number of nitrogens with zero attached hydrogens (tertiary/aromatic N) is 2. The van der Waals surface area contributed by atoms with Crippen LogP contribution in [0.15, 0.2) is 11.2 Å². The lowest BCUT2D eigenvalue weighted by Gasteiger charge is -2.37. The molecular weight excluding hydrogens is 304 g/mol. The molecule has 0 spiro atoms. The Balaban J connectivity index is 2.10. The number of ether oxygens (including phenoxy) is 1. The fraction of sp³-hybridized carbons (Fsp3) is 0.786. The van der Waals surface area contributed by atoms with Gasteiger partial charge in [0.1, 0.15) is 5.82 Å². The number of rotatable bonds is 7. The molecule has 7 nitrogen and oxygen atoms in total. The number of aryl methyl sites for hydroxylation is 2. The van der Waals surface area contributed by atoms with Gasteiger partial charge in [-0.05, 0) is 39.8 Å². The summed E-state index contributed by atoms with van der Waals surface area (Å²) in [6, 6.07) is 0. The number of imidazole rings is 1. The Labute approximate surface area is 132 Å². The molecule has 0 amide bonds. The van der Waals surface area contributed by atoms with Gasteiger partial charge in [-0.15, -0.1) is 0 Å². The Morgan fingerprint density at radius 2 is 2.14 bits per heavy atom. The van der Waals surface area contributed by atoms with E-state index in [1.807, 2.05) is 18.4 Å². The van der Waals surface area contributed by atoms with Gasteiger partial charge in [0.15, 0.2) is 5.03 Å². The summed E-state index contributed by atoms with van der Waals surface area (Å²) in [7, 11) is -1.93. The van der Waals surface area contributed by atoms with E-state index in [0.29, 0.717) is 25.5 Å². The highest BCUT2D eigenvalue weighted by Gasteiger charge is 2.34. The zero-order valence-corrected chi connectivity index (χ0v) is 14.4. The minimum Gasteiger partial charge on any atom is -0.384 e. The summed E-state index contributed by atoms with van der Waals surface area (Å²) in [6.07, 6.45) is 3.38. The van der Waals surface area contributed by atoms with Crippen LogP contribution in [0.4, 0.5) is 0 Å². The Bertz CT molecular complexity index is 586. The van der Waals surface area contributed by atoms with E-state index in [9.17, 15) is 8.42 Å². The molecule has 0 saturated carbocycles. The van der Waals surface area contributed by atoms with Crippen LogP contribution in [0.3, 0.4) is 0 Å². The SMILES string of the molecule is CCn1cc(S(=O)(=O)NCC2(COC)CCNCC2)nc1C. The second-order valence-corrected chi connectivity index (χ2v) is 7.63. The van der Waals surface area contributed by atoms with E-state index in [2.05, 4.69) is 15.0 Å². The molecule has 1 aromatic heterocycles. The normalized spacial score (nSPS) is 18.5. The van der Waals surface area contributed by atoms with Crippen molar-refractivity contribution in [1.82, 2.24) is 19.6 Å². The summed E-state index contributed by atoms with van der Waals surface area (Å²) in [6.45, 7) is 7.17. The van der Waals surface area contributed by atoms with E-state index in [1.54, 1.807) is 13.3 Å². The molecule has 22 heavy (non-hydrogen) atoms. The van der Waals surface area contributed by atoms with E-state index in [-0.39, 0.29) is 10.4 Å². The molecule has 0 bridgehead atoms. The Kier molecular flexibility index (Phi) is 5.60. The highest BCUT2D eigenvalue weighted by atomic mass is 32.2. The monoisotopic (exact) mass is 330 g/mol. The van der Waals surface area contributed by atoms with Gasteiger partial charge < -0.3 is 14.6 Å². The quantitative estimate of drug-likeness (QED) is 0.761. The summed E-state index contributed by atoms with van der Waals surface area (Å²) >= 11 is 0. The largest absolute Gasteiger partial charge is 0.384 e. The van der Waals surface area contributed by atoms with Crippen molar-refractivity contribution < 1.29 is 13.2 Å². The van der Waals surface area contributed by atoms with Crippen LogP contribution in [0.25, 0.3) is 0 Å². The highest BCUT2D eigenvalue weighted by molar-refractivity contribution is 7.89. The van der Waals surface area contributed by atoms with Gasteiger partial charge in [-0.1, -0.05) is 0 Å². The number of nitrogens with one attached hydrogen (secondary N) is 2. The van der Waals surface area contributed by atoms with Crippen LogP contribution >= 0.6 is 0 Å². The van der Waals surface area contributed by atoms with Crippen LogP contribution in [0.5, 0.6) is 0 Å². The molecule has 1 saturated heterocycles. The summed E-state index contributed by atoms with van der Waals surface area (Å²) in [5, 5.41) is 3.39. The molecule has 1 aliphatic heterocycles. The van der Waals surface area contributed by atoms with E-state index < -0.39 is 10.0 Å². The van der Waals surface area contributed by atoms with Gasteiger partial charge in [0.25, 0.3) is 10.0 Å². The predicted molar refractivity (Wildman–Crippen MR) is 84.2 cm³/mol. The molecule has 0 unspecified atom stereocenters. The number of hydrogen-bond acceptors (Lipinski definition) is 5. The van der Waals surface area contributed by atoms with Gasteiger partial charge in [-0.25, -0.2) is 18.1 Å². The zero-order chi connectivity index (χ0) is 16.2. The fourth-order valence-corrected chi connectivity index (χ4v) is 4.05. The minimum absolute atomic E-state index is 0.0911. The molecule has 2 heterocycles. The third-order valence-electron chi connectivity index (χ3n) is 4.32. The van der Waals surface area contributed by atoms with Gasteiger partial charge in [0, 0.05) is 31.8 Å². The molecular formula is C14H26N4O3S. The standard InChI is InChI=1S/C14H26N4O3S/c1-4-18-9-13(17-12(18)2)22(19,20)16-10-14(11-21-3)5-7-15-8-6-14/h9,15-16H,4-8,10-11H2,1-3H3. The maximum absolute atomic E-state index is 12.5. The second kappa shape index (κ2) is 7.08. The van der Waals surface area contributed by atoms with Crippen molar-refractivity contribution >= 4 is 10.0 Å². The van der Waals surface area contributed by atoms with E-state index in [1.165, 1.54) is 0 Å². The van der Waals surface area contributed by atoms with Crippen molar-refractivity contribution in [2.45, 2.75) is 38.3 Å². The zero-order valence-electron chi connectivity index (χ0n) is 13.6. The fourth-order valence-electron chi connectivity index (χ4n) is 2.89. The first-order valence-electron chi connectivity index (χ1n) is 7.65. The van der Waals surface area contributed by atoms with E-state index >= 15 is 0 Å². The minimum atomic E-state index is -3.59. The van der Waals surface area contributed by atoms with Crippen molar-refractivity contribution in [2.24, 2.45) is 5.41 Å². The van der Waals surface area contributed by atoms with E-state index in [0.717, 1.165) is 25.9 Å². The molecule has 0 radical (unpaired) electrons. The first kappa shape index (κ1) is 17.4. The summed E-state index contributed by atoms with van der Waals surface area (Å²) in [4.78, 5) is 4.15. The number of aromatic nitrogens is 2. The maximum atomic E-state index is 12.5. The second-order valence-electron chi connectivity index (χ2n) is 5.92. The molecule has 8 heteroatoms. The number of hydrogen-bond donors (Lipinski definition) is 2. The van der Waals surface area contributed by atoms with Gasteiger partial charge in [-0.3, -0.25) is 0 Å². The summed E-state index contributed by atoms with van der Waals surface area (Å²) in [5.41, 5.74) is -0.143. The van der Waals surface area contributed by atoms with Crippen molar-refractivity contribution in [3.05, 3.63) is 12.0 Å². The average Bonchev–Trinajstić information content (AvgIpc) is 2.89. The van der Waals surface area contributed by atoms with Gasteiger partial charge >= 0.3 is 0 Å².